The number of esters is 2. The molecule has 0 aliphatic heterocycles. The molecule has 0 fully saturated rings. The Morgan fingerprint density at radius 2 is 1.58 bits per heavy atom. The highest BCUT2D eigenvalue weighted by Gasteiger charge is 2.20. The van der Waals surface area contributed by atoms with E-state index >= 15 is 0 Å². The minimum atomic E-state index is -0.654. The molecule has 8 heteroatoms. The molecule has 0 atom stereocenters. The van der Waals surface area contributed by atoms with E-state index in [-0.39, 0.29) is 29.4 Å². The number of hydrogen-bond acceptors (Lipinski definition) is 7. The van der Waals surface area contributed by atoms with Gasteiger partial charge in [0, 0.05) is 6.07 Å². The van der Waals surface area contributed by atoms with Gasteiger partial charge < -0.3 is 14.2 Å². The van der Waals surface area contributed by atoms with Crippen LogP contribution in [0.2, 0.25) is 0 Å². The largest absolute Gasteiger partial charge is 0.465 e. The monoisotopic (exact) mass is 421 g/mol. The quantitative estimate of drug-likeness (QED) is 0.300. The van der Waals surface area contributed by atoms with Crippen molar-refractivity contribution in [3.63, 3.8) is 0 Å². The maximum Gasteiger partial charge on any atom is 0.341 e. The van der Waals surface area contributed by atoms with Gasteiger partial charge in [-0.25, -0.2) is 9.59 Å². The number of carbonyl (C=O) groups excluding carboxylic acids is 2. The zero-order chi connectivity index (χ0) is 22.4. The highest BCUT2D eigenvalue weighted by Crippen LogP contribution is 2.35. The minimum absolute atomic E-state index is 0.00388. The van der Waals surface area contributed by atoms with Crippen molar-refractivity contribution in [1.29, 1.82) is 0 Å². The Bertz CT molecular complexity index is 1120. The number of methoxy groups -OCH3 is 1. The van der Waals surface area contributed by atoms with Gasteiger partial charge in [0.1, 0.15) is 11.3 Å². The number of hydrogen-bond donors (Lipinski definition) is 0. The Labute approximate surface area is 178 Å². The van der Waals surface area contributed by atoms with E-state index in [9.17, 15) is 19.7 Å². The summed E-state index contributed by atoms with van der Waals surface area (Å²) in [5.41, 5.74) is 1.71. The molecule has 0 radical (unpaired) electrons. The third kappa shape index (κ3) is 4.87. The first kappa shape index (κ1) is 21.5. The summed E-state index contributed by atoms with van der Waals surface area (Å²) < 4.78 is 15.5. The highest BCUT2D eigenvalue weighted by atomic mass is 16.6. The molecule has 0 aliphatic rings. The Hall–Kier alpha value is -4.20. The van der Waals surface area contributed by atoms with Crippen LogP contribution in [0.3, 0.4) is 0 Å². The number of para-hydroxylation sites is 2. The van der Waals surface area contributed by atoms with Crippen LogP contribution in [0.25, 0.3) is 11.1 Å². The van der Waals surface area contributed by atoms with Gasteiger partial charge >= 0.3 is 17.6 Å². The number of rotatable bonds is 7. The average Bonchev–Trinajstić information content (AvgIpc) is 2.79. The van der Waals surface area contributed by atoms with Crippen molar-refractivity contribution < 1.29 is 28.7 Å². The van der Waals surface area contributed by atoms with Crippen LogP contribution in [-0.2, 0) is 9.47 Å². The Morgan fingerprint density at radius 3 is 2.23 bits per heavy atom. The lowest BCUT2D eigenvalue weighted by molar-refractivity contribution is -0.385. The second-order valence-corrected chi connectivity index (χ2v) is 6.33. The zero-order valence-electron chi connectivity index (χ0n) is 16.9. The van der Waals surface area contributed by atoms with Crippen molar-refractivity contribution in [3.8, 4) is 22.6 Å². The maximum atomic E-state index is 12.3. The van der Waals surface area contributed by atoms with Gasteiger partial charge in [0.15, 0.2) is 0 Å². The highest BCUT2D eigenvalue weighted by molar-refractivity contribution is 5.94. The molecule has 0 aliphatic carbocycles. The Morgan fingerprint density at radius 1 is 0.903 bits per heavy atom. The fourth-order valence-electron chi connectivity index (χ4n) is 2.89. The lowest BCUT2D eigenvalue weighted by Gasteiger charge is -2.12. The van der Waals surface area contributed by atoms with Crippen LogP contribution in [0.15, 0.2) is 66.7 Å². The van der Waals surface area contributed by atoms with Crippen LogP contribution in [0.5, 0.6) is 11.5 Å². The summed E-state index contributed by atoms with van der Waals surface area (Å²) in [4.78, 5) is 34.8. The van der Waals surface area contributed by atoms with E-state index < -0.39 is 16.9 Å². The SMILES string of the molecule is CCOC(=O)c1ccc(-c2ccc(Oc3ccccc3[N+](=O)[O-])c(C(=O)OC)c2)cc1. The summed E-state index contributed by atoms with van der Waals surface area (Å²) in [7, 11) is 1.23. The first-order chi connectivity index (χ1) is 14.9. The van der Waals surface area contributed by atoms with Gasteiger partial charge in [-0.15, -0.1) is 0 Å². The molecule has 0 spiro atoms. The topological polar surface area (TPSA) is 105 Å². The van der Waals surface area contributed by atoms with Crippen molar-refractivity contribution in [3.05, 3.63) is 88.0 Å². The van der Waals surface area contributed by atoms with E-state index in [1.807, 2.05) is 0 Å². The number of nitro groups is 1. The molecule has 3 aromatic carbocycles. The fourth-order valence-corrected chi connectivity index (χ4v) is 2.89. The van der Waals surface area contributed by atoms with E-state index in [1.165, 1.54) is 31.4 Å². The van der Waals surface area contributed by atoms with Gasteiger partial charge in [0.25, 0.3) is 0 Å². The molecule has 31 heavy (non-hydrogen) atoms. The molecule has 0 saturated carbocycles. The normalized spacial score (nSPS) is 10.3. The molecule has 0 N–H and O–H groups in total. The minimum Gasteiger partial charge on any atom is -0.465 e. The lowest BCUT2D eigenvalue weighted by Crippen LogP contribution is -2.05. The first-order valence-corrected chi connectivity index (χ1v) is 9.35. The summed E-state index contributed by atoms with van der Waals surface area (Å²) in [6, 6.07) is 17.4. The van der Waals surface area contributed by atoms with Crippen LogP contribution < -0.4 is 4.74 Å². The summed E-state index contributed by atoms with van der Waals surface area (Å²) in [6.07, 6.45) is 0. The Kier molecular flexibility index (Phi) is 6.61. The van der Waals surface area contributed by atoms with E-state index in [0.717, 1.165) is 5.56 Å². The second kappa shape index (κ2) is 9.53. The van der Waals surface area contributed by atoms with Crippen LogP contribution in [-0.4, -0.2) is 30.6 Å². The zero-order valence-corrected chi connectivity index (χ0v) is 16.9. The van der Waals surface area contributed by atoms with Crippen molar-refractivity contribution in [2.24, 2.45) is 0 Å². The van der Waals surface area contributed by atoms with Gasteiger partial charge in [-0.2, -0.15) is 0 Å². The van der Waals surface area contributed by atoms with Gasteiger partial charge in [-0.3, -0.25) is 10.1 Å². The molecule has 3 rings (SSSR count). The third-order valence-electron chi connectivity index (χ3n) is 4.40. The summed E-state index contributed by atoms with van der Waals surface area (Å²) >= 11 is 0. The molecule has 0 heterocycles. The molecular formula is C23H19NO7. The molecule has 0 bridgehead atoms. The molecule has 8 nitrogen and oxygen atoms in total. The lowest BCUT2D eigenvalue weighted by atomic mass is 10.0. The predicted molar refractivity (Wildman–Crippen MR) is 112 cm³/mol. The van der Waals surface area contributed by atoms with E-state index in [4.69, 9.17) is 14.2 Å². The fraction of sp³-hybridized carbons (Fsp3) is 0.130. The number of nitro benzene ring substituents is 1. The van der Waals surface area contributed by atoms with Crippen LogP contribution in [0, 0.1) is 10.1 Å². The third-order valence-corrected chi connectivity index (χ3v) is 4.40. The molecular weight excluding hydrogens is 402 g/mol. The summed E-state index contributed by atoms with van der Waals surface area (Å²) in [5.74, 6) is -0.951. The van der Waals surface area contributed by atoms with Gasteiger partial charge in [0.05, 0.1) is 24.2 Å². The number of carbonyl (C=O) groups is 2. The summed E-state index contributed by atoms with van der Waals surface area (Å²) in [6.45, 7) is 2.01. The average molecular weight is 421 g/mol. The van der Waals surface area contributed by atoms with Crippen LogP contribution >= 0.6 is 0 Å². The van der Waals surface area contributed by atoms with E-state index in [1.54, 1.807) is 49.4 Å². The van der Waals surface area contributed by atoms with Crippen molar-refractivity contribution >= 4 is 17.6 Å². The van der Waals surface area contributed by atoms with Crippen molar-refractivity contribution in [2.75, 3.05) is 13.7 Å². The molecule has 0 unspecified atom stereocenters. The molecule has 0 aromatic heterocycles. The standard InChI is InChI=1S/C23H19NO7/c1-3-30-22(25)16-10-8-15(9-11-16)17-12-13-20(18(14-17)23(26)29-2)31-21-7-5-4-6-19(21)24(27)28/h4-14H,3H2,1-2H3. The first-order valence-electron chi connectivity index (χ1n) is 9.35. The molecule has 0 amide bonds. The van der Waals surface area contributed by atoms with Gasteiger partial charge in [-0.1, -0.05) is 30.3 Å². The number of ether oxygens (including phenoxy) is 3. The number of nitrogens with zero attached hydrogens (tertiary/aromatic N) is 1. The second-order valence-electron chi connectivity index (χ2n) is 6.33. The smallest absolute Gasteiger partial charge is 0.341 e. The van der Waals surface area contributed by atoms with Gasteiger partial charge in [0.2, 0.25) is 5.75 Å². The predicted octanol–water partition coefficient (Wildman–Crippen LogP) is 5.02. The number of benzene rings is 3. The van der Waals surface area contributed by atoms with E-state index in [0.29, 0.717) is 11.1 Å². The van der Waals surface area contributed by atoms with E-state index in [2.05, 4.69) is 0 Å². The molecule has 158 valence electrons. The Balaban J connectivity index is 1.97. The van der Waals surface area contributed by atoms with Crippen molar-refractivity contribution in [2.45, 2.75) is 6.92 Å². The van der Waals surface area contributed by atoms with Crippen LogP contribution in [0.4, 0.5) is 5.69 Å². The van der Waals surface area contributed by atoms with Crippen molar-refractivity contribution in [1.82, 2.24) is 0 Å². The van der Waals surface area contributed by atoms with Gasteiger partial charge in [-0.05, 0) is 48.4 Å². The maximum absolute atomic E-state index is 12.3. The molecule has 0 saturated heterocycles. The van der Waals surface area contributed by atoms with Crippen LogP contribution in [0.1, 0.15) is 27.6 Å². The summed E-state index contributed by atoms with van der Waals surface area (Å²) in [5, 5.41) is 11.2. The molecule has 3 aromatic rings.